The molecule has 0 unspecified atom stereocenters. The van der Waals surface area contributed by atoms with Crippen LogP contribution in [0.15, 0.2) is 47.5 Å². The van der Waals surface area contributed by atoms with Crippen molar-refractivity contribution in [3.05, 3.63) is 48.1 Å². The van der Waals surface area contributed by atoms with Gasteiger partial charge < -0.3 is 5.73 Å². The third-order valence-electron chi connectivity index (χ3n) is 2.12. The summed E-state index contributed by atoms with van der Waals surface area (Å²) in [5, 5.41) is 0. The fourth-order valence-corrected chi connectivity index (χ4v) is 1.27. The van der Waals surface area contributed by atoms with Gasteiger partial charge in [-0.05, 0) is 31.6 Å². The number of hydrogen-bond acceptors (Lipinski definition) is 2. The first-order valence-corrected chi connectivity index (χ1v) is 4.87. The zero-order chi connectivity index (χ0) is 11.3. The summed E-state index contributed by atoms with van der Waals surface area (Å²) >= 11 is 0. The van der Waals surface area contributed by atoms with Crippen LogP contribution < -0.4 is 5.73 Å². The van der Waals surface area contributed by atoms with Gasteiger partial charge in [-0.3, -0.25) is 4.99 Å². The molecule has 2 nitrogen and oxygen atoms in total. The van der Waals surface area contributed by atoms with Crippen LogP contribution in [0.5, 0.6) is 0 Å². The van der Waals surface area contributed by atoms with Crippen molar-refractivity contribution in [2.24, 2.45) is 4.99 Å². The van der Waals surface area contributed by atoms with Crippen molar-refractivity contribution in [1.29, 1.82) is 0 Å². The molecule has 15 heavy (non-hydrogen) atoms. The third-order valence-corrected chi connectivity index (χ3v) is 2.12. The van der Waals surface area contributed by atoms with Gasteiger partial charge in [-0.25, -0.2) is 0 Å². The lowest BCUT2D eigenvalue weighted by atomic mass is 10.1. The van der Waals surface area contributed by atoms with Gasteiger partial charge in [0.15, 0.2) is 0 Å². The average molecular weight is 200 g/mol. The number of nitrogen functional groups attached to an aromatic ring is 1. The molecular weight excluding hydrogens is 184 g/mol. The molecular formula is C13H16N2. The molecule has 1 aromatic carbocycles. The number of anilines is 1. The van der Waals surface area contributed by atoms with Gasteiger partial charge in [0, 0.05) is 17.5 Å². The van der Waals surface area contributed by atoms with Gasteiger partial charge in [0.2, 0.25) is 0 Å². The monoisotopic (exact) mass is 200 g/mol. The van der Waals surface area contributed by atoms with Gasteiger partial charge in [-0.2, -0.15) is 0 Å². The molecule has 0 radical (unpaired) electrons. The first-order valence-electron chi connectivity index (χ1n) is 4.87. The lowest BCUT2D eigenvalue weighted by Gasteiger charge is -2.05. The van der Waals surface area contributed by atoms with E-state index < -0.39 is 0 Å². The number of benzene rings is 1. The van der Waals surface area contributed by atoms with E-state index >= 15 is 0 Å². The predicted molar refractivity (Wildman–Crippen MR) is 67.8 cm³/mol. The van der Waals surface area contributed by atoms with Gasteiger partial charge in [-0.15, -0.1) is 0 Å². The maximum Gasteiger partial charge on any atom is 0.0726 e. The summed E-state index contributed by atoms with van der Waals surface area (Å²) in [4.78, 5) is 4.34. The molecule has 0 spiro atoms. The van der Waals surface area contributed by atoms with E-state index in [4.69, 9.17) is 5.73 Å². The molecule has 0 aliphatic heterocycles. The van der Waals surface area contributed by atoms with Crippen molar-refractivity contribution >= 4 is 17.6 Å². The van der Waals surface area contributed by atoms with Crippen LogP contribution in [-0.4, -0.2) is 6.21 Å². The number of rotatable bonds is 3. The van der Waals surface area contributed by atoms with E-state index in [1.165, 1.54) is 0 Å². The van der Waals surface area contributed by atoms with Gasteiger partial charge >= 0.3 is 0 Å². The van der Waals surface area contributed by atoms with Crippen LogP contribution in [0.1, 0.15) is 19.4 Å². The van der Waals surface area contributed by atoms with E-state index in [2.05, 4.69) is 11.6 Å². The van der Waals surface area contributed by atoms with E-state index in [-0.39, 0.29) is 0 Å². The molecule has 0 aliphatic carbocycles. The molecule has 78 valence electrons. The van der Waals surface area contributed by atoms with E-state index in [0.717, 1.165) is 22.5 Å². The second-order valence-electron chi connectivity index (χ2n) is 3.25. The molecule has 1 aromatic rings. The van der Waals surface area contributed by atoms with Gasteiger partial charge in [0.25, 0.3) is 0 Å². The van der Waals surface area contributed by atoms with Crippen LogP contribution in [0, 0.1) is 0 Å². The summed E-state index contributed by atoms with van der Waals surface area (Å²) in [6.45, 7) is 7.64. The van der Waals surface area contributed by atoms with E-state index in [9.17, 15) is 0 Å². The number of hydrogen-bond donors (Lipinski definition) is 1. The normalized spacial score (nSPS) is 12.7. The quantitative estimate of drug-likeness (QED) is 0.454. The third kappa shape index (κ3) is 2.81. The molecule has 0 bridgehead atoms. The maximum atomic E-state index is 5.63. The minimum Gasteiger partial charge on any atom is -0.399 e. The fourth-order valence-electron chi connectivity index (χ4n) is 1.27. The zero-order valence-corrected chi connectivity index (χ0v) is 9.20. The van der Waals surface area contributed by atoms with E-state index in [0.29, 0.717) is 0 Å². The molecule has 2 N–H and O–H groups in total. The largest absolute Gasteiger partial charge is 0.399 e. The topological polar surface area (TPSA) is 38.4 Å². The molecule has 0 saturated heterocycles. The molecule has 0 amide bonds. The summed E-state index contributed by atoms with van der Waals surface area (Å²) < 4.78 is 0. The van der Waals surface area contributed by atoms with Crippen LogP contribution in [-0.2, 0) is 0 Å². The number of aliphatic imine (C=N–C) groups is 1. The Bertz CT molecular complexity index is 397. The molecule has 0 saturated carbocycles. The lowest BCUT2D eigenvalue weighted by molar-refractivity contribution is 1.42. The van der Waals surface area contributed by atoms with Crippen molar-refractivity contribution in [3.63, 3.8) is 0 Å². The molecule has 0 heterocycles. The summed E-state index contributed by atoms with van der Waals surface area (Å²) in [6.07, 6.45) is 3.58. The zero-order valence-electron chi connectivity index (χ0n) is 9.20. The molecule has 0 atom stereocenters. The van der Waals surface area contributed by atoms with Crippen LogP contribution in [0.25, 0.3) is 5.70 Å². The Hall–Kier alpha value is -1.83. The molecule has 0 fully saturated rings. The molecule has 0 aliphatic rings. The SMILES string of the molecule is C=C/C(C)=C(\N=C/C)c1ccc(N)cc1. The second kappa shape index (κ2) is 5.15. The van der Waals surface area contributed by atoms with Crippen LogP contribution >= 0.6 is 0 Å². The Morgan fingerprint density at radius 3 is 2.40 bits per heavy atom. The Kier molecular flexibility index (Phi) is 3.86. The fraction of sp³-hybridized carbons (Fsp3) is 0.154. The van der Waals surface area contributed by atoms with E-state index in [1.807, 2.05) is 38.1 Å². The maximum absolute atomic E-state index is 5.63. The van der Waals surface area contributed by atoms with Crippen LogP contribution in [0.4, 0.5) is 5.69 Å². The van der Waals surface area contributed by atoms with Gasteiger partial charge in [0.1, 0.15) is 0 Å². The summed E-state index contributed by atoms with van der Waals surface area (Å²) in [6, 6.07) is 7.67. The van der Waals surface area contributed by atoms with Crippen LogP contribution in [0.2, 0.25) is 0 Å². The first-order chi connectivity index (χ1) is 7.19. The summed E-state index contributed by atoms with van der Waals surface area (Å²) in [7, 11) is 0. The highest BCUT2D eigenvalue weighted by atomic mass is 14.7. The number of nitrogens with zero attached hydrogens (tertiary/aromatic N) is 1. The Morgan fingerprint density at radius 2 is 1.93 bits per heavy atom. The molecule has 0 aromatic heterocycles. The smallest absolute Gasteiger partial charge is 0.0726 e. The highest BCUT2D eigenvalue weighted by Gasteiger charge is 2.01. The Labute approximate surface area is 90.8 Å². The summed E-state index contributed by atoms with van der Waals surface area (Å²) in [5.74, 6) is 0. The second-order valence-corrected chi connectivity index (χ2v) is 3.25. The average Bonchev–Trinajstić information content (AvgIpc) is 2.26. The number of nitrogens with two attached hydrogens (primary N) is 1. The van der Waals surface area contributed by atoms with Gasteiger partial charge in [0.05, 0.1) is 5.70 Å². The first kappa shape index (κ1) is 11.2. The van der Waals surface area contributed by atoms with Crippen molar-refractivity contribution in [3.8, 4) is 0 Å². The highest BCUT2D eigenvalue weighted by Crippen LogP contribution is 2.21. The highest BCUT2D eigenvalue weighted by molar-refractivity contribution is 5.76. The van der Waals surface area contributed by atoms with Crippen LogP contribution in [0.3, 0.4) is 0 Å². The minimum atomic E-state index is 0.759. The van der Waals surface area contributed by atoms with E-state index in [1.54, 1.807) is 12.3 Å². The van der Waals surface area contributed by atoms with Crippen molar-refractivity contribution < 1.29 is 0 Å². The standard InChI is InChI=1S/C13H16N2/c1-4-10(3)13(15-5-2)11-6-8-12(14)9-7-11/h4-9H,1,14H2,2-3H3/b13-10-,15-5-. The Balaban J connectivity index is 3.22. The van der Waals surface area contributed by atoms with Gasteiger partial charge in [-0.1, -0.05) is 24.8 Å². The minimum absolute atomic E-state index is 0.759. The molecule has 1 rings (SSSR count). The predicted octanol–water partition coefficient (Wildman–Crippen LogP) is 3.28. The Morgan fingerprint density at radius 1 is 1.33 bits per heavy atom. The molecule has 2 heteroatoms. The van der Waals surface area contributed by atoms with Crippen molar-refractivity contribution in [1.82, 2.24) is 0 Å². The lowest BCUT2D eigenvalue weighted by Crippen LogP contribution is -1.88. The van der Waals surface area contributed by atoms with Crippen molar-refractivity contribution in [2.45, 2.75) is 13.8 Å². The van der Waals surface area contributed by atoms with Crippen molar-refractivity contribution in [2.75, 3.05) is 5.73 Å². The number of allylic oxidation sites excluding steroid dienone is 2. The summed E-state index contributed by atoms with van der Waals surface area (Å²) in [5.41, 5.74) is 9.44.